The quantitative estimate of drug-likeness (QED) is 0.269. The minimum atomic E-state index is 0.928. The first-order valence-corrected chi connectivity index (χ1v) is 11.6. The Kier molecular flexibility index (Phi) is 4.01. The molecule has 2 heteroatoms. The molecule has 0 aliphatic heterocycles. The van der Waals surface area contributed by atoms with Crippen molar-refractivity contribution < 1.29 is 8.83 Å². The van der Waals surface area contributed by atoms with Crippen LogP contribution in [0.5, 0.6) is 0 Å². The predicted octanol–water partition coefficient (Wildman–Crippen LogP) is 9.44. The van der Waals surface area contributed by atoms with Crippen LogP contribution in [0, 0.1) is 13.8 Å². The molecule has 0 saturated carbocycles. The Morgan fingerprint density at radius 2 is 0.853 bits per heavy atom. The maximum atomic E-state index is 6.13. The fourth-order valence-corrected chi connectivity index (χ4v) is 5.12. The van der Waals surface area contributed by atoms with Gasteiger partial charge in [0.15, 0.2) is 0 Å². The third-order valence-corrected chi connectivity index (χ3v) is 6.92. The van der Waals surface area contributed by atoms with Gasteiger partial charge in [0.05, 0.1) is 0 Å². The molecule has 2 nitrogen and oxygen atoms in total. The molecular weight excluding hydrogens is 416 g/mol. The van der Waals surface area contributed by atoms with Crippen molar-refractivity contribution in [2.75, 3.05) is 0 Å². The Morgan fingerprint density at radius 3 is 1.35 bits per heavy atom. The van der Waals surface area contributed by atoms with Crippen LogP contribution in [-0.2, 0) is 0 Å². The van der Waals surface area contributed by atoms with Crippen LogP contribution in [0.1, 0.15) is 11.1 Å². The summed E-state index contributed by atoms with van der Waals surface area (Å²) in [5.74, 6) is 0. The van der Waals surface area contributed by atoms with Crippen LogP contribution < -0.4 is 0 Å². The standard InChI is InChI=1S/C32H22O2/c1-19-6-3-10-25-27-17-23(12-14-29(27)33-31(19)25)21-8-5-9-22(16-21)24-13-15-30-28(18-24)26-11-4-7-20(2)32(26)34-30/h3-18H,1-2H3. The van der Waals surface area contributed by atoms with Crippen LogP contribution in [0.2, 0.25) is 0 Å². The van der Waals surface area contributed by atoms with E-state index < -0.39 is 0 Å². The fraction of sp³-hybridized carbons (Fsp3) is 0.0625. The molecule has 0 saturated heterocycles. The lowest BCUT2D eigenvalue weighted by molar-refractivity contribution is 0.665. The highest BCUT2D eigenvalue weighted by atomic mass is 16.3. The van der Waals surface area contributed by atoms with Crippen molar-refractivity contribution in [3.05, 3.63) is 108 Å². The zero-order valence-electron chi connectivity index (χ0n) is 19.1. The van der Waals surface area contributed by atoms with E-state index in [1.807, 2.05) is 0 Å². The molecular formula is C32H22O2. The Balaban J connectivity index is 1.36. The number of hydrogen-bond acceptors (Lipinski definition) is 2. The SMILES string of the molecule is Cc1cccc2c1oc1ccc(-c3cccc(-c4ccc5oc6c(C)cccc6c5c4)c3)cc12. The molecule has 0 bridgehead atoms. The first-order valence-electron chi connectivity index (χ1n) is 11.6. The van der Waals surface area contributed by atoms with Gasteiger partial charge in [-0.25, -0.2) is 0 Å². The smallest absolute Gasteiger partial charge is 0.138 e. The predicted molar refractivity (Wildman–Crippen MR) is 141 cm³/mol. The molecule has 0 spiro atoms. The van der Waals surface area contributed by atoms with Gasteiger partial charge in [-0.2, -0.15) is 0 Å². The van der Waals surface area contributed by atoms with Crippen LogP contribution in [0.25, 0.3) is 66.1 Å². The average Bonchev–Trinajstić information content (AvgIpc) is 3.44. The summed E-state index contributed by atoms with van der Waals surface area (Å²) >= 11 is 0. The van der Waals surface area contributed by atoms with E-state index in [-0.39, 0.29) is 0 Å². The fourth-order valence-electron chi connectivity index (χ4n) is 5.12. The molecule has 0 aliphatic rings. The normalized spacial score (nSPS) is 11.8. The maximum absolute atomic E-state index is 6.13. The highest BCUT2D eigenvalue weighted by molar-refractivity contribution is 6.08. The van der Waals surface area contributed by atoms with Crippen molar-refractivity contribution in [3.63, 3.8) is 0 Å². The summed E-state index contributed by atoms with van der Waals surface area (Å²) < 4.78 is 12.3. The summed E-state index contributed by atoms with van der Waals surface area (Å²) in [5.41, 5.74) is 10.9. The van der Waals surface area contributed by atoms with Gasteiger partial charge in [0.1, 0.15) is 22.3 Å². The van der Waals surface area contributed by atoms with Gasteiger partial charge in [0.2, 0.25) is 0 Å². The summed E-state index contributed by atoms with van der Waals surface area (Å²) in [7, 11) is 0. The zero-order valence-corrected chi connectivity index (χ0v) is 19.1. The molecule has 2 aromatic heterocycles. The number of furan rings is 2. The van der Waals surface area contributed by atoms with E-state index in [0.717, 1.165) is 44.2 Å². The van der Waals surface area contributed by atoms with E-state index >= 15 is 0 Å². The monoisotopic (exact) mass is 438 g/mol. The molecule has 0 N–H and O–H groups in total. The molecule has 0 fully saturated rings. The average molecular weight is 439 g/mol. The molecule has 5 aromatic carbocycles. The van der Waals surface area contributed by atoms with E-state index in [1.165, 1.54) is 33.0 Å². The number of para-hydroxylation sites is 2. The molecule has 0 unspecified atom stereocenters. The third-order valence-electron chi connectivity index (χ3n) is 6.92. The van der Waals surface area contributed by atoms with Gasteiger partial charge in [-0.3, -0.25) is 0 Å². The lowest BCUT2D eigenvalue weighted by Crippen LogP contribution is -1.82. The Hall–Kier alpha value is -4.30. The minimum absolute atomic E-state index is 0.928. The number of hydrogen-bond donors (Lipinski definition) is 0. The molecule has 34 heavy (non-hydrogen) atoms. The number of rotatable bonds is 2. The number of fused-ring (bicyclic) bond motifs is 6. The molecule has 7 rings (SSSR count). The van der Waals surface area contributed by atoms with Crippen molar-refractivity contribution in [2.45, 2.75) is 13.8 Å². The lowest BCUT2D eigenvalue weighted by atomic mass is 9.97. The second-order valence-electron chi connectivity index (χ2n) is 9.11. The van der Waals surface area contributed by atoms with Crippen LogP contribution in [0.15, 0.2) is 106 Å². The Morgan fingerprint density at radius 1 is 0.412 bits per heavy atom. The van der Waals surface area contributed by atoms with Crippen LogP contribution >= 0.6 is 0 Å². The highest BCUT2D eigenvalue weighted by Crippen LogP contribution is 2.37. The first kappa shape index (κ1) is 19.2. The summed E-state index contributed by atoms with van der Waals surface area (Å²) in [6.07, 6.45) is 0. The zero-order chi connectivity index (χ0) is 22.8. The third kappa shape index (κ3) is 2.82. The van der Waals surface area contributed by atoms with Gasteiger partial charge in [-0.1, -0.05) is 66.7 Å². The lowest BCUT2D eigenvalue weighted by Gasteiger charge is -2.07. The van der Waals surface area contributed by atoms with E-state index in [9.17, 15) is 0 Å². The summed E-state index contributed by atoms with van der Waals surface area (Å²) in [4.78, 5) is 0. The van der Waals surface area contributed by atoms with E-state index in [4.69, 9.17) is 8.83 Å². The molecule has 0 aliphatic carbocycles. The van der Waals surface area contributed by atoms with Crippen LogP contribution in [-0.4, -0.2) is 0 Å². The molecule has 0 radical (unpaired) electrons. The van der Waals surface area contributed by atoms with Gasteiger partial charge in [0, 0.05) is 21.5 Å². The summed E-state index contributed by atoms with van der Waals surface area (Å²) in [6, 6.07) is 34.4. The minimum Gasteiger partial charge on any atom is -0.456 e. The van der Waals surface area contributed by atoms with E-state index in [2.05, 4.69) is 111 Å². The highest BCUT2D eigenvalue weighted by Gasteiger charge is 2.12. The van der Waals surface area contributed by atoms with Crippen LogP contribution in [0.3, 0.4) is 0 Å². The van der Waals surface area contributed by atoms with Crippen molar-refractivity contribution >= 4 is 43.9 Å². The van der Waals surface area contributed by atoms with E-state index in [1.54, 1.807) is 0 Å². The Labute approximate surface area is 197 Å². The van der Waals surface area contributed by atoms with Gasteiger partial charge in [-0.15, -0.1) is 0 Å². The largest absolute Gasteiger partial charge is 0.456 e. The van der Waals surface area contributed by atoms with Crippen molar-refractivity contribution in [1.29, 1.82) is 0 Å². The Bertz CT molecular complexity index is 1750. The van der Waals surface area contributed by atoms with Gasteiger partial charge in [0.25, 0.3) is 0 Å². The van der Waals surface area contributed by atoms with Gasteiger partial charge < -0.3 is 8.83 Å². The molecule has 7 aromatic rings. The van der Waals surface area contributed by atoms with Crippen molar-refractivity contribution in [2.24, 2.45) is 0 Å². The van der Waals surface area contributed by atoms with Gasteiger partial charge in [-0.05, 0) is 77.6 Å². The van der Waals surface area contributed by atoms with Crippen molar-refractivity contribution in [3.8, 4) is 22.3 Å². The second kappa shape index (κ2) is 7.10. The summed E-state index contributed by atoms with van der Waals surface area (Å²) in [6.45, 7) is 4.19. The molecule has 0 atom stereocenters. The maximum Gasteiger partial charge on any atom is 0.138 e. The van der Waals surface area contributed by atoms with Crippen LogP contribution in [0.4, 0.5) is 0 Å². The number of benzene rings is 5. The number of aryl methyl sites for hydroxylation is 2. The molecule has 162 valence electrons. The second-order valence-corrected chi connectivity index (χ2v) is 9.11. The first-order chi connectivity index (χ1) is 16.7. The van der Waals surface area contributed by atoms with Crippen molar-refractivity contribution in [1.82, 2.24) is 0 Å². The van der Waals surface area contributed by atoms with E-state index in [0.29, 0.717) is 0 Å². The molecule has 0 amide bonds. The summed E-state index contributed by atoms with van der Waals surface area (Å²) in [5, 5.41) is 4.65. The van der Waals surface area contributed by atoms with Gasteiger partial charge >= 0.3 is 0 Å². The topological polar surface area (TPSA) is 26.3 Å². The molecule has 2 heterocycles.